The molecule has 9 heteroatoms. The van der Waals surface area contributed by atoms with Gasteiger partial charge in [0.2, 0.25) is 0 Å². The Morgan fingerprint density at radius 3 is 0.735 bits per heavy atom. The van der Waals surface area contributed by atoms with Gasteiger partial charge < -0.3 is 40.5 Å². The molecule has 0 spiro atoms. The molecule has 0 aromatic heterocycles. The fourth-order valence-electron chi connectivity index (χ4n) is 2.02. The van der Waals surface area contributed by atoms with E-state index in [1.807, 2.05) is 0 Å². The van der Waals surface area contributed by atoms with Gasteiger partial charge in [-0.25, -0.2) is 0 Å². The quantitative estimate of drug-likeness (QED) is 0.149. The zero-order chi connectivity index (χ0) is 24.6. The average Bonchev–Trinajstić information content (AvgIpc) is 2.81. The summed E-state index contributed by atoms with van der Waals surface area (Å²) in [6.07, 6.45) is 0. The van der Waals surface area contributed by atoms with Gasteiger partial charge in [-0.05, 0) is 48.5 Å². The topological polar surface area (TPSA) is 151 Å². The largest absolute Gasteiger partial charge is 0.504 e. The maximum absolute atomic E-state index is 8.99. The minimum Gasteiger partial charge on any atom is -0.504 e. The van der Waals surface area contributed by atoms with E-state index >= 15 is 0 Å². The minimum atomic E-state index is -0.0764. The van der Waals surface area contributed by atoms with Gasteiger partial charge in [0.05, 0.1) is 7.11 Å². The number of phenols is 7. The van der Waals surface area contributed by atoms with E-state index in [0.29, 0.717) is 5.75 Å². The van der Waals surface area contributed by atoms with E-state index in [4.69, 9.17) is 40.5 Å². The molecule has 8 nitrogen and oxygen atoms in total. The van der Waals surface area contributed by atoms with Crippen LogP contribution in [0.1, 0.15) is 0 Å². The van der Waals surface area contributed by atoms with E-state index in [1.165, 1.54) is 43.5 Å². The van der Waals surface area contributed by atoms with Crippen molar-refractivity contribution in [1.82, 2.24) is 0 Å². The van der Waals surface area contributed by atoms with Crippen LogP contribution in [0.2, 0.25) is 0 Å². The van der Waals surface area contributed by atoms with Gasteiger partial charge in [-0.1, -0.05) is 48.5 Å². The number of ether oxygens (including phenoxy) is 1. The molecule has 0 amide bonds. The molecule has 0 unspecified atom stereocenters. The van der Waals surface area contributed by atoms with Crippen LogP contribution in [0.15, 0.2) is 97.1 Å². The van der Waals surface area contributed by atoms with Gasteiger partial charge in [-0.2, -0.15) is 0 Å². The molecular weight excluding hydrogens is 609 g/mol. The maximum atomic E-state index is 8.99. The van der Waals surface area contributed by atoms with Crippen LogP contribution >= 0.6 is 0 Å². The summed E-state index contributed by atoms with van der Waals surface area (Å²) in [5.74, 6) is 0.234. The molecular formula is C25H26O8Ta. The molecule has 34 heavy (non-hydrogen) atoms. The van der Waals surface area contributed by atoms with Crippen LogP contribution in [0.4, 0.5) is 0 Å². The Labute approximate surface area is 212 Å². The van der Waals surface area contributed by atoms with Crippen LogP contribution in [0, 0.1) is 0 Å². The summed E-state index contributed by atoms with van der Waals surface area (Å²) in [7, 11) is 1.52. The molecule has 0 saturated carbocycles. The van der Waals surface area contributed by atoms with Crippen LogP contribution in [0.3, 0.4) is 0 Å². The second-order valence-corrected chi connectivity index (χ2v) is 6.14. The van der Waals surface area contributed by atoms with Crippen molar-refractivity contribution in [2.75, 3.05) is 7.11 Å². The van der Waals surface area contributed by atoms with Crippen molar-refractivity contribution in [3.8, 4) is 46.0 Å². The molecule has 0 aliphatic carbocycles. The third-order valence-corrected chi connectivity index (χ3v) is 3.73. The molecule has 4 aromatic rings. The predicted molar refractivity (Wildman–Crippen MR) is 124 cm³/mol. The van der Waals surface area contributed by atoms with E-state index in [9.17, 15) is 0 Å². The molecule has 0 saturated heterocycles. The Kier molecular flexibility index (Phi) is 14.7. The summed E-state index contributed by atoms with van der Waals surface area (Å²) >= 11 is 0. The van der Waals surface area contributed by atoms with Crippen molar-refractivity contribution in [2.45, 2.75) is 0 Å². The first-order valence-electron chi connectivity index (χ1n) is 9.49. The fourth-order valence-corrected chi connectivity index (χ4v) is 2.02. The Balaban J connectivity index is 0.000000423. The zero-order valence-electron chi connectivity index (χ0n) is 18.2. The van der Waals surface area contributed by atoms with E-state index < -0.39 is 0 Å². The van der Waals surface area contributed by atoms with Crippen molar-refractivity contribution >= 4 is 0 Å². The molecule has 4 aromatic carbocycles. The monoisotopic (exact) mass is 635 g/mol. The SMILES string of the molecule is COc1ccccc1O.Oc1ccccc1O.Oc1ccccc1O.Oc1ccccc1O.[Ta]. The third kappa shape index (κ3) is 11.6. The van der Waals surface area contributed by atoms with Crippen LogP contribution in [0.25, 0.3) is 0 Å². The van der Waals surface area contributed by atoms with Crippen LogP contribution in [-0.2, 0) is 22.4 Å². The van der Waals surface area contributed by atoms with Gasteiger partial charge >= 0.3 is 0 Å². The summed E-state index contributed by atoms with van der Waals surface area (Å²) in [6, 6.07) is 25.3. The zero-order valence-corrected chi connectivity index (χ0v) is 21.4. The Morgan fingerprint density at radius 1 is 0.382 bits per heavy atom. The van der Waals surface area contributed by atoms with Crippen molar-refractivity contribution in [3.05, 3.63) is 97.1 Å². The fraction of sp³-hybridized carbons (Fsp3) is 0.0400. The van der Waals surface area contributed by atoms with E-state index in [2.05, 4.69) is 0 Å². The summed E-state index contributed by atoms with van der Waals surface area (Å²) < 4.78 is 4.79. The molecule has 0 aliphatic rings. The molecule has 0 heterocycles. The normalized spacial score (nSPS) is 8.74. The summed E-state index contributed by atoms with van der Waals surface area (Å²) in [6.45, 7) is 0. The van der Waals surface area contributed by atoms with Crippen molar-refractivity contribution in [3.63, 3.8) is 0 Å². The molecule has 0 bridgehead atoms. The molecule has 7 N–H and O–H groups in total. The molecule has 179 valence electrons. The average molecular weight is 635 g/mol. The van der Waals surface area contributed by atoms with E-state index in [0.717, 1.165) is 0 Å². The van der Waals surface area contributed by atoms with Crippen LogP contribution in [-0.4, -0.2) is 42.9 Å². The van der Waals surface area contributed by atoms with Gasteiger partial charge in [-0.15, -0.1) is 0 Å². The summed E-state index contributed by atoms with van der Waals surface area (Å²) in [4.78, 5) is 0. The van der Waals surface area contributed by atoms with Crippen LogP contribution in [0.5, 0.6) is 46.0 Å². The van der Waals surface area contributed by atoms with Crippen LogP contribution < -0.4 is 4.74 Å². The second-order valence-electron chi connectivity index (χ2n) is 6.14. The Morgan fingerprint density at radius 2 is 0.588 bits per heavy atom. The van der Waals surface area contributed by atoms with Crippen molar-refractivity contribution in [1.29, 1.82) is 0 Å². The molecule has 0 atom stereocenters. The Bertz CT molecular complexity index is 939. The molecule has 4 rings (SSSR count). The summed E-state index contributed by atoms with van der Waals surface area (Å²) in [5.41, 5.74) is 0. The number of phenolic OH excluding ortho intramolecular Hbond substituents is 7. The predicted octanol–water partition coefficient (Wildman–Crippen LogP) is 4.69. The molecule has 0 fully saturated rings. The number of rotatable bonds is 1. The molecule has 1 radical (unpaired) electrons. The van der Waals surface area contributed by atoms with E-state index in [-0.39, 0.29) is 62.6 Å². The first-order chi connectivity index (χ1) is 15.8. The number of methoxy groups -OCH3 is 1. The van der Waals surface area contributed by atoms with E-state index in [1.54, 1.807) is 60.7 Å². The standard InChI is InChI=1S/C7H8O2.3C6H6O2.Ta/c1-9-7-5-3-2-4-6(7)8;3*7-5-3-1-2-4-6(5)8;/h2-5,8H,1H3;3*1-4,7-8H;. The number of hydrogen-bond donors (Lipinski definition) is 7. The molecule has 0 aliphatic heterocycles. The number of benzene rings is 4. The summed E-state index contributed by atoms with van der Waals surface area (Å²) in [5, 5.41) is 61.0. The number of para-hydroxylation sites is 8. The number of hydrogen-bond acceptors (Lipinski definition) is 8. The van der Waals surface area contributed by atoms with Crippen molar-refractivity contribution < 1.29 is 62.9 Å². The van der Waals surface area contributed by atoms with Gasteiger partial charge in [0.1, 0.15) is 0 Å². The van der Waals surface area contributed by atoms with Gasteiger partial charge in [0, 0.05) is 22.4 Å². The second kappa shape index (κ2) is 16.6. The first-order valence-corrected chi connectivity index (χ1v) is 9.49. The third-order valence-electron chi connectivity index (χ3n) is 3.73. The van der Waals surface area contributed by atoms with Gasteiger partial charge in [0.25, 0.3) is 0 Å². The van der Waals surface area contributed by atoms with Gasteiger partial charge in [0.15, 0.2) is 46.0 Å². The first kappa shape index (κ1) is 30.0. The van der Waals surface area contributed by atoms with Gasteiger partial charge in [-0.3, -0.25) is 0 Å². The number of aromatic hydroxyl groups is 7. The smallest absolute Gasteiger partial charge is 0.160 e. The van der Waals surface area contributed by atoms with Crippen molar-refractivity contribution in [2.24, 2.45) is 0 Å². The maximum Gasteiger partial charge on any atom is 0.160 e. The minimum absolute atomic E-state index is 0. The Hall–Kier alpha value is -3.98.